The minimum atomic E-state index is -0.750. The number of esters is 4. The van der Waals surface area contributed by atoms with Crippen LogP contribution in [0.5, 0.6) is 28.7 Å². The minimum Gasteiger partial charge on any atom is -0.497 e. The average Bonchev–Trinajstić information content (AvgIpc) is 3.05. The maximum absolute atomic E-state index is 12.7. The topological polar surface area (TPSA) is 132 Å². The Morgan fingerprint density at radius 1 is 0.711 bits per heavy atom. The van der Waals surface area contributed by atoms with Crippen molar-refractivity contribution >= 4 is 30.2 Å². The SMILES string of the molecule is C=C(C)C=O.C=CC(=O)Oc1ccc(CCC(=O)Oc2ccc(-c3ccc(OC)cc3)cc2OC(=O)CC)cc1OC(=O)C=C. The Morgan fingerprint density at radius 3 is 1.78 bits per heavy atom. The average molecular weight is 615 g/mol. The summed E-state index contributed by atoms with van der Waals surface area (Å²) in [6, 6.07) is 16.8. The van der Waals surface area contributed by atoms with Gasteiger partial charge in [-0.3, -0.25) is 14.4 Å². The first-order chi connectivity index (χ1) is 21.5. The highest BCUT2D eigenvalue weighted by Gasteiger charge is 2.17. The first kappa shape index (κ1) is 35.4. The van der Waals surface area contributed by atoms with Crippen molar-refractivity contribution < 1.29 is 47.7 Å². The van der Waals surface area contributed by atoms with E-state index in [4.69, 9.17) is 23.7 Å². The molecule has 0 saturated carbocycles. The molecule has 0 saturated heterocycles. The van der Waals surface area contributed by atoms with Gasteiger partial charge in [-0.05, 0) is 72.0 Å². The van der Waals surface area contributed by atoms with Gasteiger partial charge < -0.3 is 23.7 Å². The lowest BCUT2D eigenvalue weighted by Gasteiger charge is -2.13. The molecule has 3 aromatic rings. The molecule has 0 aliphatic carbocycles. The summed E-state index contributed by atoms with van der Waals surface area (Å²) < 4.78 is 26.4. The maximum Gasteiger partial charge on any atom is 0.335 e. The number of aryl methyl sites for hydroxylation is 1. The van der Waals surface area contributed by atoms with Crippen molar-refractivity contribution in [2.24, 2.45) is 0 Å². The quantitative estimate of drug-likeness (QED) is 0.0954. The molecule has 0 atom stereocenters. The van der Waals surface area contributed by atoms with Crippen molar-refractivity contribution in [1.29, 1.82) is 0 Å². The largest absolute Gasteiger partial charge is 0.497 e. The standard InChI is InChI=1S/C31H28O9.C4H6O/c1-5-28(32)37-24-15-8-20(18-26(24)39-29(33)6-2)9-17-31(35)38-25-16-12-22(19-27(25)40-30(34)7-3)21-10-13-23(36-4)14-11-21;1-4(2)3-5/h5-6,8,10-16,18-19H,1-2,7,9,17H2,3-4H3;3H,1H2,2H3. The van der Waals surface area contributed by atoms with Crippen LogP contribution < -0.4 is 23.7 Å². The van der Waals surface area contributed by atoms with Crippen molar-refractivity contribution in [3.63, 3.8) is 0 Å². The van der Waals surface area contributed by atoms with E-state index in [-0.39, 0.29) is 42.3 Å². The van der Waals surface area contributed by atoms with E-state index >= 15 is 0 Å². The van der Waals surface area contributed by atoms with E-state index in [1.807, 2.05) is 12.1 Å². The molecule has 3 rings (SSSR count). The normalized spacial score (nSPS) is 9.76. The summed E-state index contributed by atoms with van der Waals surface area (Å²) in [5, 5.41) is 0. The predicted octanol–water partition coefficient (Wildman–Crippen LogP) is 6.16. The Morgan fingerprint density at radius 2 is 1.22 bits per heavy atom. The molecule has 10 heteroatoms. The molecule has 0 aliphatic rings. The molecule has 0 amide bonds. The van der Waals surface area contributed by atoms with Gasteiger partial charge in [0.1, 0.15) is 12.0 Å². The lowest BCUT2D eigenvalue weighted by atomic mass is 10.0. The van der Waals surface area contributed by atoms with Crippen molar-refractivity contribution in [2.45, 2.75) is 33.1 Å². The molecule has 0 spiro atoms. The molecule has 3 aromatic carbocycles. The fraction of sp³-hybridized carbons (Fsp3) is 0.171. The van der Waals surface area contributed by atoms with Crippen LogP contribution in [-0.4, -0.2) is 37.3 Å². The van der Waals surface area contributed by atoms with Crippen LogP contribution in [0.25, 0.3) is 11.1 Å². The van der Waals surface area contributed by atoms with Crippen LogP contribution in [0.3, 0.4) is 0 Å². The van der Waals surface area contributed by atoms with Gasteiger partial charge in [0.25, 0.3) is 0 Å². The van der Waals surface area contributed by atoms with Crippen molar-refractivity contribution in [1.82, 2.24) is 0 Å². The Bertz CT molecular complexity index is 1570. The fourth-order valence-corrected chi connectivity index (χ4v) is 3.42. The predicted molar refractivity (Wildman–Crippen MR) is 167 cm³/mol. The first-order valence-corrected chi connectivity index (χ1v) is 13.6. The highest BCUT2D eigenvalue weighted by Crippen LogP contribution is 2.34. The molecule has 10 nitrogen and oxygen atoms in total. The summed E-state index contributed by atoms with van der Waals surface area (Å²) in [7, 11) is 1.58. The minimum absolute atomic E-state index is 0.00533. The van der Waals surface area contributed by atoms with E-state index in [9.17, 15) is 24.0 Å². The van der Waals surface area contributed by atoms with Gasteiger partial charge in [0.05, 0.1) is 7.11 Å². The van der Waals surface area contributed by atoms with Crippen molar-refractivity contribution in [2.75, 3.05) is 7.11 Å². The van der Waals surface area contributed by atoms with Gasteiger partial charge >= 0.3 is 23.9 Å². The lowest BCUT2D eigenvalue weighted by molar-refractivity contribution is -0.137. The number of allylic oxidation sites excluding steroid dienone is 1. The zero-order chi connectivity index (χ0) is 33.4. The Balaban J connectivity index is 0.00000130. The second kappa shape index (κ2) is 18.0. The third kappa shape index (κ3) is 11.8. The summed E-state index contributed by atoms with van der Waals surface area (Å²) >= 11 is 0. The van der Waals surface area contributed by atoms with Crippen molar-refractivity contribution in [3.05, 3.63) is 104 Å². The second-order valence-corrected chi connectivity index (χ2v) is 9.19. The number of carbonyl (C=O) groups is 5. The third-order valence-electron chi connectivity index (χ3n) is 5.68. The highest BCUT2D eigenvalue weighted by molar-refractivity contribution is 5.86. The van der Waals surface area contributed by atoms with E-state index in [1.165, 1.54) is 12.1 Å². The Kier molecular flexibility index (Phi) is 14.2. The molecular weight excluding hydrogens is 580 g/mol. The van der Waals surface area contributed by atoms with Crippen molar-refractivity contribution in [3.8, 4) is 39.9 Å². The number of ether oxygens (including phenoxy) is 5. The molecule has 0 heterocycles. The monoisotopic (exact) mass is 614 g/mol. The number of benzene rings is 3. The number of rotatable bonds is 13. The summed E-state index contributed by atoms with van der Waals surface area (Å²) in [6.45, 7) is 13.3. The van der Waals surface area contributed by atoms with Gasteiger partial charge in [0, 0.05) is 25.0 Å². The zero-order valence-corrected chi connectivity index (χ0v) is 25.3. The maximum atomic E-state index is 12.7. The number of hydrogen-bond acceptors (Lipinski definition) is 10. The smallest absolute Gasteiger partial charge is 0.335 e. The van der Waals surface area contributed by atoms with E-state index in [0.717, 1.165) is 29.6 Å². The number of hydrogen-bond donors (Lipinski definition) is 0. The second-order valence-electron chi connectivity index (χ2n) is 9.19. The highest BCUT2D eigenvalue weighted by atomic mass is 16.6. The van der Waals surface area contributed by atoms with Gasteiger partial charge in [0.2, 0.25) is 0 Å². The summed E-state index contributed by atoms with van der Waals surface area (Å²) in [6.07, 6.45) is 2.95. The van der Waals surface area contributed by atoms with Gasteiger partial charge in [-0.1, -0.05) is 50.9 Å². The van der Waals surface area contributed by atoms with E-state index < -0.39 is 23.9 Å². The van der Waals surface area contributed by atoms with Gasteiger partial charge in [0.15, 0.2) is 23.0 Å². The molecule has 45 heavy (non-hydrogen) atoms. The van der Waals surface area contributed by atoms with E-state index in [2.05, 4.69) is 19.7 Å². The lowest BCUT2D eigenvalue weighted by Crippen LogP contribution is -2.12. The van der Waals surface area contributed by atoms with Gasteiger partial charge in [-0.25, -0.2) is 9.59 Å². The van der Waals surface area contributed by atoms with Gasteiger partial charge in [-0.2, -0.15) is 0 Å². The van der Waals surface area contributed by atoms with Crippen LogP contribution in [0.1, 0.15) is 32.3 Å². The third-order valence-corrected chi connectivity index (χ3v) is 5.68. The molecule has 0 fully saturated rings. The van der Waals surface area contributed by atoms with E-state index in [1.54, 1.807) is 57.4 Å². The molecule has 0 radical (unpaired) electrons. The summed E-state index contributed by atoms with van der Waals surface area (Å²) in [5.74, 6) is -1.66. The molecule has 0 N–H and O–H groups in total. The molecular formula is C35H34O10. The molecule has 0 aromatic heterocycles. The Hall–Kier alpha value is -5.77. The number of aldehydes is 1. The summed E-state index contributed by atoms with van der Waals surface area (Å²) in [4.78, 5) is 57.5. The first-order valence-electron chi connectivity index (χ1n) is 13.6. The van der Waals surface area contributed by atoms with Crippen LogP contribution in [0, 0.1) is 0 Å². The van der Waals surface area contributed by atoms with Gasteiger partial charge in [-0.15, -0.1) is 0 Å². The molecule has 0 unspecified atom stereocenters. The van der Waals surface area contributed by atoms with Crippen LogP contribution in [0.4, 0.5) is 0 Å². The number of carbonyl (C=O) groups excluding carboxylic acids is 5. The molecule has 0 aliphatic heterocycles. The van der Waals surface area contributed by atoms with Crippen LogP contribution >= 0.6 is 0 Å². The zero-order valence-electron chi connectivity index (χ0n) is 25.3. The van der Waals surface area contributed by atoms with Crippen LogP contribution in [0.15, 0.2) is 98.1 Å². The number of methoxy groups -OCH3 is 1. The van der Waals surface area contributed by atoms with E-state index in [0.29, 0.717) is 16.9 Å². The fourth-order valence-electron chi connectivity index (χ4n) is 3.42. The summed E-state index contributed by atoms with van der Waals surface area (Å²) in [5.41, 5.74) is 2.78. The van der Waals surface area contributed by atoms with Crippen LogP contribution in [0.2, 0.25) is 0 Å². The Labute approximate surface area is 261 Å². The molecule has 0 bridgehead atoms. The molecule has 234 valence electrons. The van der Waals surface area contributed by atoms with Crippen LogP contribution in [-0.2, 0) is 30.4 Å².